The van der Waals surface area contributed by atoms with E-state index in [9.17, 15) is 14.3 Å². The lowest BCUT2D eigenvalue weighted by Gasteiger charge is -2.14. The topological polar surface area (TPSA) is 113 Å². The van der Waals surface area contributed by atoms with Crippen LogP contribution < -0.4 is 10.6 Å². The first kappa shape index (κ1) is 20.8. The van der Waals surface area contributed by atoms with Crippen molar-refractivity contribution in [1.82, 2.24) is 19.9 Å². The molecule has 0 unspecified atom stereocenters. The largest absolute Gasteiger partial charge is 0.387 e. The van der Waals surface area contributed by atoms with Gasteiger partial charge in [0.2, 0.25) is 5.91 Å². The molecule has 1 aliphatic rings. The number of anilines is 3. The molecule has 9 heteroatoms. The molecule has 3 aromatic rings. The first-order chi connectivity index (χ1) is 15.0. The van der Waals surface area contributed by atoms with Gasteiger partial charge in [0.15, 0.2) is 0 Å². The number of carbonyl (C=O) groups is 1. The number of alkyl halides is 1. The number of amides is 1. The zero-order valence-electron chi connectivity index (χ0n) is 17.2. The second kappa shape index (κ2) is 8.73. The molecule has 1 aliphatic carbocycles. The summed E-state index contributed by atoms with van der Waals surface area (Å²) in [5, 5.41) is 15.9. The zero-order valence-corrected chi connectivity index (χ0v) is 17.2. The lowest BCUT2D eigenvalue weighted by Crippen LogP contribution is -2.16. The van der Waals surface area contributed by atoms with Crippen LogP contribution in [0.5, 0.6) is 0 Å². The van der Waals surface area contributed by atoms with Crippen molar-refractivity contribution < 1.29 is 14.3 Å². The number of hydrogen-bond acceptors (Lipinski definition) is 7. The SMILES string of the molecule is CC[C@@H](O)c1cc(C)c(Nc2ncccc2-c2cc(NC(=O)[C@@H]3C[C@@H]3F)ncn2)cn1. The summed E-state index contributed by atoms with van der Waals surface area (Å²) in [7, 11) is 0. The number of aliphatic hydroxyl groups excluding tert-OH is 1. The Labute approximate surface area is 179 Å². The van der Waals surface area contributed by atoms with Gasteiger partial charge in [0, 0.05) is 17.8 Å². The van der Waals surface area contributed by atoms with Crippen LogP contribution >= 0.6 is 0 Å². The number of halogens is 1. The van der Waals surface area contributed by atoms with E-state index in [0.717, 1.165) is 11.3 Å². The summed E-state index contributed by atoms with van der Waals surface area (Å²) in [4.78, 5) is 29.1. The first-order valence-corrected chi connectivity index (χ1v) is 10.1. The minimum absolute atomic E-state index is 0.252. The number of rotatable bonds is 7. The molecular formula is C22H23FN6O2. The van der Waals surface area contributed by atoms with E-state index in [2.05, 4.69) is 30.6 Å². The molecule has 3 atom stereocenters. The Morgan fingerprint density at radius 3 is 2.81 bits per heavy atom. The van der Waals surface area contributed by atoms with Gasteiger partial charge in [0.25, 0.3) is 0 Å². The Kier molecular flexibility index (Phi) is 5.85. The third-order valence-corrected chi connectivity index (χ3v) is 5.16. The van der Waals surface area contributed by atoms with Gasteiger partial charge in [-0.2, -0.15) is 0 Å². The van der Waals surface area contributed by atoms with Crippen LogP contribution in [0.2, 0.25) is 0 Å². The molecule has 0 aromatic carbocycles. The molecule has 3 aromatic heterocycles. The molecule has 1 saturated carbocycles. The predicted octanol–water partition coefficient (Wildman–Crippen LogP) is 3.73. The summed E-state index contributed by atoms with van der Waals surface area (Å²) in [5.41, 5.74) is 3.53. The number of aromatic nitrogens is 4. The van der Waals surface area contributed by atoms with Crippen molar-refractivity contribution in [3.05, 3.63) is 54.2 Å². The quantitative estimate of drug-likeness (QED) is 0.532. The first-order valence-electron chi connectivity index (χ1n) is 10.1. The summed E-state index contributed by atoms with van der Waals surface area (Å²) >= 11 is 0. The highest BCUT2D eigenvalue weighted by Gasteiger charge is 2.43. The van der Waals surface area contributed by atoms with Gasteiger partial charge in [-0.3, -0.25) is 9.78 Å². The van der Waals surface area contributed by atoms with Gasteiger partial charge in [-0.25, -0.2) is 19.3 Å². The van der Waals surface area contributed by atoms with Crippen LogP contribution in [0.1, 0.15) is 37.1 Å². The van der Waals surface area contributed by atoms with Crippen molar-refractivity contribution in [3.8, 4) is 11.3 Å². The number of nitrogens with zero attached hydrogens (tertiary/aromatic N) is 4. The number of aryl methyl sites for hydroxylation is 1. The highest BCUT2D eigenvalue weighted by Crippen LogP contribution is 2.35. The van der Waals surface area contributed by atoms with Gasteiger partial charge in [-0.15, -0.1) is 0 Å². The van der Waals surface area contributed by atoms with E-state index in [1.165, 1.54) is 6.33 Å². The average molecular weight is 422 g/mol. The maximum absolute atomic E-state index is 13.1. The van der Waals surface area contributed by atoms with Gasteiger partial charge in [-0.05, 0) is 43.5 Å². The molecule has 0 aliphatic heterocycles. The van der Waals surface area contributed by atoms with E-state index in [-0.39, 0.29) is 12.3 Å². The van der Waals surface area contributed by atoms with Crippen molar-refractivity contribution in [2.24, 2.45) is 5.92 Å². The molecule has 0 bridgehead atoms. The Morgan fingerprint density at radius 2 is 2.10 bits per heavy atom. The van der Waals surface area contributed by atoms with Crippen molar-refractivity contribution in [3.63, 3.8) is 0 Å². The maximum atomic E-state index is 13.1. The maximum Gasteiger partial charge on any atom is 0.231 e. The van der Waals surface area contributed by atoms with Gasteiger partial charge < -0.3 is 15.7 Å². The van der Waals surface area contributed by atoms with E-state index in [4.69, 9.17) is 0 Å². The van der Waals surface area contributed by atoms with Crippen LogP contribution in [0, 0.1) is 12.8 Å². The van der Waals surface area contributed by atoms with Gasteiger partial charge >= 0.3 is 0 Å². The van der Waals surface area contributed by atoms with Crippen molar-refractivity contribution in [2.75, 3.05) is 10.6 Å². The fraction of sp³-hybridized carbons (Fsp3) is 0.318. The molecule has 31 heavy (non-hydrogen) atoms. The summed E-state index contributed by atoms with van der Waals surface area (Å²) in [6.07, 6.45) is 3.83. The fourth-order valence-corrected chi connectivity index (χ4v) is 3.17. The summed E-state index contributed by atoms with van der Waals surface area (Å²) < 4.78 is 13.1. The Hall–Kier alpha value is -3.46. The fourth-order valence-electron chi connectivity index (χ4n) is 3.17. The lowest BCUT2D eigenvalue weighted by atomic mass is 10.1. The van der Waals surface area contributed by atoms with Crippen LogP contribution in [0.25, 0.3) is 11.3 Å². The summed E-state index contributed by atoms with van der Waals surface area (Å²) in [6.45, 7) is 3.82. The third kappa shape index (κ3) is 4.66. The van der Waals surface area contributed by atoms with Crippen molar-refractivity contribution in [1.29, 1.82) is 0 Å². The molecule has 1 fully saturated rings. The second-order valence-corrected chi connectivity index (χ2v) is 7.51. The second-order valence-electron chi connectivity index (χ2n) is 7.51. The summed E-state index contributed by atoms with van der Waals surface area (Å²) in [6, 6.07) is 7.10. The number of nitrogens with one attached hydrogen (secondary N) is 2. The van der Waals surface area contributed by atoms with Crippen molar-refractivity contribution in [2.45, 2.75) is 39.0 Å². The van der Waals surface area contributed by atoms with Crippen LogP contribution in [-0.2, 0) is 4.79 Å². The number of hydrogen-bond donors (Lipinski definition) is 3. The van der Waals surface area contributed by atoms with E-state index in [1.54, 1.807) is 24.5 Å². The van der Waals surface area contributed by atoms with Crippen LogP contribution in [0.3, 0.4) is 0 Å². The molecule has 8 nitrogen and oxygen atoms in total. The van der Waals surface area contributed by atoms with Gasteiger partial charge in [0.05, 0.1) is 35.3 Å². The van der Waals surface area contributed by atoms with E-state index in [1.807, 2.05) is 26.0 Å². The molecule has 3 N–H and O–H groups in total. The molecule has 1 amide bonds. The lowest BCUT2D eigenvalue weighted by molar-refractivity contribution is -0.117. The molecule has 0 saturated heterocycles. The van der Waals surface area contributed by atoms with E-state index in [0.29, 0.717) is 35.0 Å². The standard InChI is InChI=1S/C22H23FN6O2/c1-3-19(30)17-7-12(2)18(10-25-17)28-21-13(5-4-6-24-21)16-9-20(27-11-26-16)29-22(31)14-8-15(14)23/h4-7,9-11,14-15,19,30H,3,8H2,1-2H3,(H,24,28)(H,26,27,29,31)/t14-,15+,19-/m1/s1. The number of aliphatic hydroxyl groups is 1. The van der Waals surface area contributed by atoms with Crippen molar-refractivity contribution >= 4 is 23.2 Å². The molecular weight excluding hydrogens is 399 g/mol. The van der Waals surface area contributed by atoms with E-state index >= 15 is 0 Å². The predicted molar refractivity (Wildman–Crippen MR) is 114 cm³/mol. The smallest absolute Gasteiger partial charge is 0.231 e. The minimum Gasteiger partial charge on any atom is -0.387 e. The van der Waals surface area contributed by atoms with E-state index < -0.39 is 18.2 Å². The van der Waals surface area contributed by atoms with Gasteiger partial charge in [-0.1, -0.05) is 6.92 Å². The minimum atomic E-state index is -1.07. The van der Waals surface area contributed by atoms with Crippen LogP contribution in [0.15, 0.2) is 43.0 Å². The van der Waals surface area contributed by atoms with Crippen LogP contribution in [-0.4, -0.2) is 37.1 Å². The number of carbonyl (C=O) groups excluding carboxylic acids is 1. The Bertz CT molecular complexity index is 1110. The highest BCUT2D eigenvalue weighted by molar-refractivity contribution is 5.94. The molecule has 160 valence electrons. The Balaban J connectivity index is 1.58. The molecule has 3 heterocycles. The highest BCUT2D eigenvalue weighted by atomic mass is 19.1. The summed E-state index contributed by atoms with van der Waals surface area (Å²) in [5.74, 6) is -0.116. The third-order valence-electron chi connectivity index (χ3n) is 5.16. The average Bonchev–Trinajstić information content (AvgIpc) is 3.52. The normalized spacial score (nSPS) is 18.3. The number of pyridine rings is 2. The molecule has 0 radical (unpaired) electrons. The molecule has 4 rings (SSSR count). The molecule has 0 spiro atoms. The zero-order chi connectivity index (χ0) is 22.0. The van der Waals surface area contributed by atoms with Gasteiger partial charge in [0.1, 0.15) is 24.1 Å². The van der Waals surface area contributed by atoms with Crippen LogP contribution in [0.4, 0.5) is 21.7 Å². The Morgan fingerprint density at radius 1 is 1.29 bits per heavy atom. The monoisotopic (exact) mass is 422 g/mol.